The Morgan fingerprint density at radius 3 is 2.54 bits per heavy atom. The van der Waals surface area contributed by atoms with Crippen molar-refractivity contribution in [3.63, 3.8) is 0 Å². The summed E-state index contributed by atoms with van der Waals surface area (Å²) in [4.78, 5) is 37.4. The highest BCUT2D eigenvalue weighted by molar-refractivity contribution is 7.09. The predicted molar refractivity (Wildman–Crippen MR) is 127 cm³/mol. The van der Waals surface area contributed by atoms with E-state index in [0.29, 0.717) is 28.2 Å². The highest BCUT2D eigenvalue weighted by Gasteiger charge is 2.27. The van der Waals surface area contributed by atoms with Gasteiger partial charge >= 0.3 is 10.8 Å². The van der Waals surface area contributed by atoms with Gasteiger partial charge in [-0.1, -0.05) is 29.5 Å². The van der Waals surface area contributed by atoms with Crippen LogP contribution in [-0.4, -0.2) is 45.7 Å². The molecule has 1 amide bonds. The number of carbonyl (C=O) groups is 2. The number of nitrogens with one attached hydrogen (secondary N) is 3. The molecule has 0 radical (unpaired) electrons. The quantitative estimate of drug-likeness (QED) is 0.303. The van der Waals surface area contributed by atoms with Gasteiger partial charge in [-0.25, -0.2) is 9.18 Å². The summed E-state index contributed by atoms with van der Waals surface area (Å²) in [7, 11) is 0. The molecule has 1 aliphatic rings. The lowest BCUT2D eigenvalue weighted by Crippen LogP contribution is -2.49. The zero-order valence-electron chi connectivity index (χ0n) is 18.5. The summed E-state index contributed by atoms with van der Waals surface area (Å²) >= 11 is 0.819. The number of aromatic amines is 1. The second kappa shape index (κ2) is 10.7. The van der Waals surface area contributed by atoms with Gasteiger partial charge < -0.3 is 25.6 Å². The molecule has 5 N–H and O–H groups in total. The van der Waals surface area contributed by atoms with Gasteiger partial charge in [-0.15, -0.1) is 0 Å². The Labute approximate surface area is 203 Å². The van der Waals surface area contributed by atoms with Crippen molar-refractivity contribution in [1.82, 2.24) is 15.6 Å². The first kappa shape index (κ1) is 24.4. The molecule has 3 aromatic rings. The number of ether oxygens (including phenoxy) is 1. The third kappa shape index (κ3) is 6.25. The van der Waals surface area contributed by atoms with E-state index in [1.165, 1.54) is 12.1 Å². The van der Waals surface area contributed by atoms with Crippen LogP contribution < -0.4 is 20.2 Å². The molecule has 35 heavy (non-hydrogen) atoms. The van der Waals surface area contributed by atoms with E-state index in [4.69, 9.17) is 4.74 Å². The zero-order valence-corrected chi connectivity index (χ0v) is 19.4. The Morgan fingerprint density at radius 2 is 1.94 bits per heavy atom. The lowest BCUT2D eigenvalue weighted by Gasteiger charge is -2.18. The number of carbonyl (C=O) groups excluding carboxylic acids is 1. The lowest BCUT2D eigenvalue weighted by atomic mass is 10.1. The fraction of sp³-hybridized carbons (Fsp3) is 0.292. The molecule has 0 spiro atoms. The lowest BCUT2D eigenvalue weighted by molar-refractivity contribution is -0.142. The van der Waals surface area contributed by atoms with E-state index in [9.17, 15) is 29.0 Å². The Kier molecular flexibility index (Phi) is 7.47. The summed E-state index contributed by atoms with van der Waals surface area (Å²) in [5, 5.41) is 24.8. The van der Waals surface area contributed by atoms with Crippen molar-refractivity contribution in [3.05, 3.63) is 74.0 Å². The van der Waals surface area contributed by atoms with Gasteiger partial charge in [0.15, 0.2) is 0 Å². The Hall–Kier alpha value is -3.70. The number of aromatic hydroxyl groups is 1. The van der Waals surface area contributed by atoms with E-state index >= 15 is 0 Å². The minimum Gasteiger partial charge on any atom is -0.494 e. The number of rotatable bonds is 9. The number of carboxylic acid groups (broad SMARTS) is 1. The van der Waals surface area contributed by atoms with E-state index in [1.807, 2.05) is 0 Å². The fourth-order valence-corrected chi connectivity index (χ4v) is 4.57. The number of aliphatic carboxylic acids is 1. The van der Waals surface area contributed by atoms with Crippen molar-refractivity contribution in [2.24, 2.45) is 0 Å². The van der Waals surface area contributed by atoms with Crippen molar-refractivity contribution >= 4 is 23.2 Å². The molecule has 11 heteroatoms. The van der Waals surface area contributed by atoms with Crippen LogP contribution in [0.25, 0.3) is 0 Å². The normalized spacial score (nSPS) is 16.1. The van der Waals surface area contributed by atoms with E-state index in [1.54, 1.807) is 30.3 Å². The second-order valence-corrected chi connectivity index (χ2v) is 9.28. The summed E-state index contributed by atoms with van der Waals surface area (Å²) in [6, 6.07) is 9.52. The highest BCUT2D eigenvalue weighted by Crippen LogP contribution is 2.27. The molecule has 4 rings (SSSR count). The predicted octanol–water partition coefficient (Wildman–Crippen LogP) is 2.53. The van der Waals surface area contributed by atoms with Crippen LogP contribution in [0, 0.1) is 5.82 Å². The summed E-state index contributed by atoms with van der Waals surface area (Å²) < 4.78 is 20.2. The molecule has 2 unspecified atom stereocenters. The number of halogens is 1. The van der Waals surface area contributed by atoms with Gasteiger partial charge in [-0.3, -0.25) is 14.6 Å². The molecule has 1 aliphatic heterocycles. The molecule has 2 atom stereocenters. The van der Waals surface area contributed by atoms with Gasteiger partial charge in [0.2, 0.25) is 11.8 Å². The van der Waals surface area contributed by atoms with Crippen LogP contribution in [0.4, 0.5) is 4.39 Å². The second-order valence-electron chi connectivity index (χ2n) is 8.21. The number of hydrogen-bond donors (Lipinski definition) is 5. The first-order valence-electron chi connectivity index (χ1n) is 11.0. The number of carboxylic acids is 1. The van der Waals surface area contributed by atoms with Crippen molar-refractivity contribution in [1.29, 1.82) is 0 Å². The molecule has 1 aromatic heterocycles. The summed E-state index contributed by atoms with van der Waals surface area (Å²) in [5.74, 6) is -1.57. The van der Waals surface area contributed by atoms with Crippen molar-refractivity contribution in [2.45, 2.75) is 37.8 Å². The van der Waals surface area contributed by atoms with Gasteiger partial charge in [0.05, 0.1) is 10.9 Å². The zero-order chi connectivity index (χ0) is 24.9. The average molecular weight is 502 g/mol. The molecule has 2 heterocycles. The number of hydrogen-bond acceptors (Lipinski definition) is 7. The maximum Gasteiger partial charge on any atom is 0.326 e. The third-order valence-electron chi connectivity index (χ3n) is 5.67. The van der Waals surface area contributed by atoms with Crippen LogP contribution in [0.1, 0.15) is 28.8 Å². The number of thiazole rings is 1. The molecule has 1 saturated heterocycles. The van der Waals surface area contributed by atoms with Crippen LogP contribution in [-0.2, 0) is 22.4 Å². The molecule has 9 nitrogen and oxygen atoms in total. The molecule has 0 saturated carbocycles. The molecule has 184 valence electrons. The van der Waals surface area contributed by atoms with E-state index < -0.39 is 22.7 Å². The molecular weight excluding hydrogens is 477 g/mol. The van der Waals surface area contributed by atoms with E-state index in [-0.39, 0.29) is 36.4 Å². The fourth-order valence-electron chi connectivity index (χ4n) is 3.83. The number of H-pyrrole nitrogens is 1. The van der Waals surface area contributed by atoms with Crippen LogP contribution >= 0.6 is 11.3 Å². The maximum atomic E-state index is 14.5. The van der Waals surface area contributed by atoms with Crippen LogP contribution in [0.15, 0.2) is 47.3 Å². The SMILES string of the molecule is O=C(O)C(Cc1ccc(Oc2ccc(Cc3sc(=O)[nH]c3O)c(F)c2)cc1)NC(=O)C1CCCN1. The Bertz CT molecular complexity index is 1270. The van der Waals surface area contributed by atoms with Gasteiger partial charge in [0.1, 0.15) is 23.4 Å². The first-order valence-corrected chi connectivity index (χ1v) is 11.8. The summed E-state index contributed by atoms with van der Waals surface area (Å²) in [5.41, 5.74) is 0.990. The minimum atomic E-state index is -1.12. The average Bonchev–Trinajstić information content (AvgIpc) is 3.46. The topological polar surface area (TPSA) is 141 Å². The maximum absolute atomic E-state index is 14.5. The standard InChI is InChI=1S/C24H24FN3O6S/c25-17-12-16(8-5-14(17)11-20-22(30)28-24(33)35-20)34-15-6-3-13(4-7-15)10-19(23(31)32)27-21(29)18-2-1-9-26-18/h3-8,12,18-19,26,30H,1-2,9-11H2,(H,27,29)(H,28,33)(H,31,32). The summed E-state index contributed by atoms with van der Waals surface area (Å²) in [6.45, 7) is 0.739. The molecule has 1 fully saturated rings. The minimum absolute atomic E-state index is 0.0636. The van der Waals surface area contributed by atoms with Gasteiger partial charge in [-0.05, 0) is 48.7 Å². The molecule has 2 aromatic carbocycles. The van der Waals surface area contributed by atoms with Crippen LogP contribution in [0.3, 0.4) is 0 Å². The largest absolute Gasteiger partial charge is 0.494 e. The van der Waals surface area contributed by atoms with Crippen molar-refractivity contribution in [3.8, 4) is 17.4 Å². The Morgan fingerprint density at radius 1 is 1.20 bits per heavy atom. The molecule has 0 bridgehead atoms. The smallest absolute Gasteiger partial charge is 0.326 e. The van der Waals surface area contributed by atoms with Crippen molar-refractivity contribution in [2.75, 3.05) is 6.54 Å². The van der Waals surface area contributed by atoms with E-state index in [2.05, 4.69) is 15.6 Å². The summed E-state index contributed by atoms with van der Waals surface area (Å²) in [6.07, 6.45) is 1.73. The number of benzene rings is 2. The highest BCUT2D eigenvalue weighted by atomic mass is 32.1. The monoisotopic (exact) mass is 501 g/mol. The first-order chi connectivity index (χ1) is 16.8. The van der Waals surface area contributed by atoms with Crippen LogP contribution in [0.5, 0.6) is 17.4 Å². The molecular formula is C24H24FN3O6S. The molecule has 0 aliphatic carbocycles. The Balaban J connectivity index is 1.37. The van der Waals surface area contributed by atoms with E-state index in [0.717, 1.165) is 24.3 Å². The number of aromatic nitrogens is 1. The van der Waals surface area contributed by atoms with Gasteiger partial charge in [0.25, 0.3) is 0 Å². The van der Waals surface area contributed by atoms with Gasteiger partial charge in [-0.2, -0.15) is 0 Å². The third-order valence-corrected chi connectivity index (χ3v) is 6.54. The van der Waals surface area contributed by atoms with Crippen LogP contribution in [0.2, 0.25) is 0 Å². The van der Waals surface area contributed by atoms with Crippen molar-refractivity contribution < 1.29 is 28.9 Å². The van der Waals surface area contributed by atoms with Gasteiger partial charge in [0, 0.05) is 18.9 Å². The number of amides is 1.